The number of esters is 2. The van der Waals surface area contributed by atoms with Crippen LogP contribution in [-0.4, -0.2) is 11.9 Å². The van der Waals surface area contributed by atoms with Gasteiger partial charge in [-0.15, -0.1) is 0 Å². The molecule has 0 saturated carbocycles. The highest BCUT2D eigenvalue weighted by atomic mass is 16.6. The first-order valence-corrected chi connectivity index (χ1v) is 12.2. The summed E-state index contributed by atoms with van der Waals surface area (Å²) in [7, 11) is 0. The van der Waals surface area contributed by atoms with Gasteiger partial charge in [-0.3, -0.25) is 9.59 Å². The molecule has 1 aliphatic heterocycles. The molecule has 0 spiro atoms. The summed E-state index contributed by atoms with van der Waals surface area (Å²) in [5.74, 6) is -0.815. The van der Waals surface area contributed by atoms with Crippen LogP contribution >= 0.6 is 0 Å². The lowest BCUT2D eigenvalue weighted by atomic mass is 9.84. The standard InChI is InChI=1S/C26H44O3/c1-3-5-7-9-11-13-14-16-18-20-22-26(23-24(27)29-25(26)28)21-19-17-15-12-10-8-6-4-2/h19-22H,3-18,23H2,1-2H3. The fourth-order valence-corrected chi connectivity index (χ4v) is 3.88. The van der Waals surface area contributed by atoms with Crippen molar-refractivity contribution in [2.75, 3.05) is 0 Å². The highest BCUT2D eigenvalue weighted by Crippen LogP contribution is 2.35. The number of hydrogen-bond acceptors (Lipinski definition) is 3. The Morgan fingerprint density at radius 3 is 1.48 bits per heavy atom. The lowest BCUT2D eigenvalue weighted by Crippen LogP contribution is -2.21. The quantitative estimate of drug-likeness (QED) is 0.101. The molecule has 1 atom stereocenters. The number of hydrogen-bond donors (Lipinski definition) is 0. The summed E-state index contributed by atoms with van der Waals surface area (Å²) in [6, 6.07) is 0. The Hall–Kier alpha value is -1.38. The summed E-state index contributed by atoms with van der Waals surface area (Å²) in [4.78, 5) is 24.0. The Labute approximate surface area is 179 Å². The van der Waals surface area contributed by atoms with Gasteiger partial charge in [0.2, 0.25) is 0 Å². The van der Waals surface area contributed by atoms with Crippen molar-refractivity contribution >= 4 is 11.9 Å². The first-order valence-electron chi connectivity index (χ1n) is 12.2. The molecule has 0 aromatic heterocycles. The van der Waals surface area contributed by atoms with Gasteiger partial charge in [-0.25, -0.2) is 0 Å². The third-order valence-corrected chi connectivity index (χ3v) is 5.80. The van der Waals surface area contributed by atoms with Gasteiger partial charge in [0, 0.05) is 0 Å². The molecule has 1 unspecified atom stereocenters. The van der Waals surface area contributed by atoms with E-state index in [1.807, 2.05) is 12.2 Å². The first-order chi connectivity index (χ1) is 14.1. The van der Waals surface area contributed by atoms with Crippen molar-refractivity contribution in [3.63, 3.8) is 0 Å². The van der Waals surface area contributed by atoms with Gasteiger partial charge in [-0.1, -0.05) is 115 Å². The molecule has 1 saturated heterocycles. The SMILES string of the molecule is CCCCCCCCC=CC1(C=CCCCCCCCCCC)CC(=O)OC1=O. The van der Waals surface area contributed by atoms with Gasteiger partial charge in [-0.05, 0) is 25.7 Å². The molecule has 0 aromatic rings. The van der Waals surface area contributed by atoms with Crippen LogP contribution in [0, 0.1) is 5.41 Å². The lowest BCUT2D eigenvalue weighted by Gasteiger charge is -2.14. The monoisotopic (exact) mass is 404 g/mol. The molecule has 1 fully saturated rings. The lowest BCUT2D eigenvalue weighted by molar-refractivity contribution is -0.153. The molecule has 3 nitrogen and oxygen atoms in total. The number of rotatable bonds is 18. The molecule has 0 N–H and O–H groups in total. The first kappa shape index (κ1) is 25.7. The summed E-state index contributed by atoms with van der Waals surface area (Å²) in [5.41, 5.74) is -0.862. The molecule has 1 aliphatic rings. The van der Waals surface area contributed by atoms with Crippen molar-refractivity contribution in [2.45, 2.75) is 123 Å². The maximum atomic E-state index is 12.3. The second kappa shape index (κ2) is 16.4. The molecule has 1 heterocycles. The Balaban J connectivity index is 2.32. The fraction of sp³-hybridized carbons (Fsp3) is 0.769. The van der Waals surface area contributed by atoms with Crippen LogP contribution in [0.3, 0.4) is 0 Å². The zero-order chi connectivity index (χ0) is 21.2. The van der Waals surface area contributed by atoms with Crippen LogP contribution in [0.5, 0.6) is 0 Å². The number of allylic oxidation sites excluding steroid dienone is 2. The Morgan fingerprint density at radius 1 is 0.690 bits per heavy atom. The predicted molar refractivity (Wildman–Crippen MR) is 122 cm³/mol. The topological polar surface area (TPSA) is 43.4 Å². The zero-order valence-corrected chi connectivity index (χ0v) is 19.1. The van der Waals surface area contributed by atoms with E-state index in [4.69, 9.17) is 4.74 Å². The average molecular weight is 405 g/mol. The average Bonchev–Trinajstić information content (AvgIpc) is 2.98. The van der Waals surface area contributed by atoms with E-state index < -0.39 is 17.4 Å². The molecule has 0 radical (unpaired) electrons. The van der Waals surface area contributed by atoms with Crippen LogP contribution in [0.2, 0.25) is 0 Å². The molecule has 3 heteroatoms. The third-order valence-electron chi connectivity index (χ3n) is 5.80. The van der Waals surface area contributed by atoms with Crippen LogP contribution < -0.4 is 0 Å². The van der Waals surface area contributed by atoms with E-state index in [1.54, 1.807) is 0 Å². The van der Waals surface area contributed by atoms with E-state index in [2.05, 4.69) is 26.0 Å². The van der Waals surface area contributed by atoms with Crippen molar-refractivity contribution in [3.8, 4) is 0 Å². The fourth-order valence-electron chi connectivity index (χ4n) is 3.88. The van der Waals surface area contributed by atoms with Crippen LogP contribution in [0.15, 0.2) is 24.3 Å². The molecular formula is C26H44O3. The molecule has 29 heavy (non-hydrogen) atoms. The third kappa shape index (κ3) is 11.4. The summed E-state index contributed by atoms with van der Waals surface area (Å²) in [5, 5.41) is 0. The molecule has 0 aromatic carbocycles. The van der Waals surface area contributed by atoms with Gasteiger partial charge in [0.15, 0.2) is 0 Å². The number of cyclic esters (lactones) is 2. The normalized spacial score (nSPS) is 19.7. The van der Waals surface area contributed by atoms with Crippen molar-refractivity contribution in [2.24, 2.45) is 5.41 Å². The maximum absolute atomic E-state index is 12.3. The van der Waals surface area contributed by atoms with Gasteiger partial charge in [0.25, 0.3) is 0 Å². The molecule has 1 rings (SSSR count). The molecule has 166 valence electrons. The van der Waals surface area contributed by atoms with Gasteiger partial charge >= 0.3 is 11.9 Å². The zero-order valence-electron chi connectivity index (χ0n) is 19.1. The number of unbranched alkanes of at least 4 members (excludes halogenated alkanes) is 14. The molecule has 0 bridgehead atoms. The Bertz CT molecular complexity index is 506. The molecule has 0 aliphatic carbocycles. The van der Waals surface area contributed by atoms with Gasteiger partial charge in [0.1, 0.15) is 5.41 Å². The van der Waals surface area contributed by atoms with E-state index >= 15 is 0 Å². The Kier molecular flexibility index (Phi) is 14.5. The highest BCUT2D eigenvalue weighted by Gasteiger charge is 2.45. The summed E-state index contributed by atoms with van der Waals surface area (Å²) in [6.07, 6.45) is 28.0. The molecule has 0 amide bonds. The minimum Gasteiger partial charge on any atom is -0.392 e. The smallest absolute Gasteiger partial charge is 0.328 e. The van der Waals surface area contributed by atoms with Crippen LogP contribution in [0.4, 0.5) is 0 Å². The second-order valence-corrected chi connectivity index (χ2v) is 8.60. The highest BCUT2D eigenvalue weighted by molar-refractivity contribution is 6.00. The van der Waals surface area contributed by atoms with E-state index in [1.165, 1.54) is 77.0 Å². The second-order valence-electron chi connectivity index (χ2n) is 8.60. The van der Waals surface area contributed by atoms with E-state index in [0.29, 0.717) is 0 Å². The van der Waals surface area contributed by atoms with Gasteiger partial charge < -0.3 is 4.74 Å². The van der Waals surface area contributed by atoms with Gasteiger partial charge in [-0.2, -0.15) is 0 Å². The minimum absolute atomic E-state index is 0.146. The van der Waals surface area contributed by atoms with E-state index in [0.717, 1.165) is 25.7 Å². The Morgan fingerprint density at radius 2 is 1.10 bits per heavy atom. The number of ether oxygens (including phenoxy) is 1. The van der Waals surface area contributed by atoms with Crippen molar-refractivity contribution in [1.82, 2.24) is 0 Å². The predicted octanol–water partition coefficient (Wildman–Crippen LogP) is 7.84. The van der Waals surface area contributed by atoms with Crippen molar-refractivity contribution in [3.05, 3.63) is 24.3 Å². The minimum atomic E-state index is -0.862. The van der Waals surface area contributed by atoms with Crippen molar-refractivity contribution in [1.29, 1.82) is 0 Å². The van der Waals surface area contributed by atoms with Gasteiger partial charge in [0.05, 0.1) is 6.42 Å². The number of carbonyl (C=O) groups is 2. The van der Waals surface area contributed by atoms with Crippen LogP contribution in [0.25, 0.3) is 0 Å². The van der Waals surface area contributed by atoms with Crippen LogP contribution in [0.1, 0.15) is 123 Å². The van der Waals surface area contributed by atoms with Crippen LogP contribution in [-0.2, 0) is 14.3 Å². The van der Waals surface area contributed by atoms with E-state index in [9.17, 15) is 9.59 Å². The molecular weight excluding hydrogens is 360 g/mol. The summed E-state index contributed by atoms with van der Waals surface area (Å²) in [6.45, 7) is 4.48. The summed E-state index contributed by atoms with van der Waals surface area (Å²) >= 11 is 0. The largest absolute Gasteiger partial charge is 0.392 e. The van der Waals surface area contributed by atoms with Crippen molar-refractivity contribution < 1.29 is 14.3 Å². The summed E-state index contributed by atoms with van der Waals surface area (Å²) < 4.78 is 4.86. The number of carbonyl (C=O) groups excluding carboxylic acids is 2. The maximum Gasteiger partial charge on any atom is 0.328 e. The van der Waals surface area contributed by atoms with E-state index in [-0.39, 0.29) is 6.42 Å².